The zero-order chi connectivity index (χ0) is 9.14. The monoisotopic (exact) mass is 167 g/mol. The van der Waals surface area contributed by atoms with Crippen molar-refractivity contribution in [3.05, 3.63) is 17.7 Å². The first-order valence-corrected chi connectivity index (χ1v) is 3.92. The molecule has 0 aliphatic heterocycles. The first kappa shape index (κ1) is 8.77. The Bertz CT molecular complexity index is 278. The van der Waals surface area contributed by atoms with Crippen LogP contribution < -0.4 is 5.32 Å². The van der Waals surface area contributed by atoms with E-state index in [-0.39, 0.29) is 11.9 Å². The minimum Gasteiger partial charge on any atom is -0.348 e. The molecule has 0 saturated carbocycles. The van der Waals surface area contributed by atoms with Crippen LogP contribution in [-0.2, 0) is 0 Å². The molecule has 0 aliphatic carbocycles. The summed E-state index contributed by atoms with van der Waals surface area (Å²) in [6.45, 7) is 5.65. The molecule has 1 aromatic rings. The third-order valence-electron chi connectivity index (χ3n) is 1.46. The summed E-state index contributed by atoms with van der Waals surface area (Å²) in [5.74, 6) is -0.122. The molecule has 0 spiro atoms. The molecule has 0 aromatic carbocycles. The Morgan fingerprint density at radius 3 is 2.75 bits per heavy atom. The summed E-state index contributed by atoms with van der Waals surface area (Å²) < 4.78 is 0. The zero-order valence-electron chi connectivity index (χ0n) is 7.51. The van der Waals surface area contributed by atoms with Crippen molar-refractivity contribution in [2.24, 2.45) is 0 Å². The smallest absolute Gasteiger partial charge is 0.271 e. The van der Waals surface area contributed by atoms with Gasteiger partial charge in [0, 0.05) is 11.7 Å². The van der Waals surface area contributed by atoms with Gasteiger partial charge in [0.05, 0.1) is 6.33 Å². The van der Waals surface area contributed by atoms with E-state index in [0.29, 0.717) is 5.69 Å². The molecule has 0 atom stereocenters. The van der Waals surface area contributed by atoms with Crippen molar-refractivity contribution in [1.82, 2.24) is 15.3 Å². The third-order valence-corrected chi connectivity index (χ3v) is 1.46. The fourth-order valence-electron chi connectivity index (χ4n) is 0.918. The molecule has 0 unspecified atom stereocenters. The van der Waals surface area contributed by atoms with Gasteiger partial charge in [0.2, 0.25) is 0 Å². The van der Waals surface area contributed by atoms with Crippen molar-refractivity contribution < 1.29 is 4.79 Å². The highest BCUT2D eigenvalue weighted by Gasteiger charge is 2.11. The number of imidazole rings is 1. The van der Waals surface area contributed by atoms with Gasteiger partial charge >= 0.3 is 0 Å². The lowest BCUT2D eigenvalue weighted by molar-refractivity contribution is 0.0938. The van der Waals surface area contributed by atoms with E-state index in [1.807, 2.05) is 20.8 Å². The number of carbonyl (C=O) groups is 1. The van der Waals surface area contributed by atoms with E-state index in [4.69, 9.17) is 0 Å². The lowest BCUT2D eigenvalue weighted by Crippen LogP contribution is -2.30. The van der Waals surface area contributed by atoms with Crippen LogP contribution in [0.15, 0.2) is 6.33 Å². The van der Waals surface area contributed by atoms with E-state index < -0.39 is 0 Å². The molecule has 1 heterocycles. The predicted octanol–water partition coefficient (Wildman–Crippen LogP) is 0.856. The van der Waals surface area contributed by atoms with Gasteiger partial charge in [-0.3, -0.25) is 4.79 Å². The Balaban J connectivity index is 2.72. The molecule has 12 heavy (non-hydrogen) atoms. The molecule has 66 valence electrons. The minimum atomic E-state index is -0.122. The Labute approximate surface area is 71.4 Å². The number of H-pyrrole nitrogens is 1. The van der Waals surface area contributed by atoms with Gasteiger partial charge in [0.1, 0.15) is 5.69 Å². The average Bonchev–Trinajstić information content (AvgIpc) is 2.33. The number of hydrogen-bond donors (Lipinski definition) is 2. The number of aromatic nitrogens is 2. The summed E-state index contributed by atoms with van der Waals surface area (Å²) in [5, 5.41) is 2.76. The van der Waals surface area contributed by atoms with Crippen molar-refractivity contribution in [3.8, 4) is 0 Å². The van der Waals surface area contributed by atoms with Crippen LogP contribution in [0.25, 0.3) is 0 Å². The largest absolute Gasteiger partial charge is 0.348 e. The van der Waals surface area contributed by atoms with Gasteiger partial charge < -0.3 is 10.3 Å². The number of aryl methyl sites for hydroxylation is 1. The highest BCUT2D eigenvalue weighted by atomic mass is 16.1. The third kappa shape index (κ3) is 1.84. The van der Waals surface area contributed by atoms with Crippen molar-refractivity contribution in [1.29, 1.82) is 0 Å². The number of amides is 1. The lowest BCUT2D eigenvalue weighted by atomic mass is 10.3. The summed E-state index contributed by atoms with van der Waals surface area (Å²) in [4.78, 5) is 18.1. The summed E-state index contributed by atoms with van der Waals surface area (Å²) >= 11 is 0. The van der Waals surface area contributed by atoms with Gasteiger partial charge in [-0.05, 0) is 20.8 Å². The molecule has 0 aliphatic rings. The van der Waals surface area contributed by atoms with E-state index in [9.17, 15) is 4.79 Å². The standard InChI is InChI=1S/C8H13N3O/c1-5(2)11-8(12)7-6(3)9-4-10-7/h4-5H,1-3H3,(H,9,10)(H,11,12). The summed E-state index contributed by atoms with van der Waals surface area (Å²) in [6.07, 6.45) is 1.52. The maximum Gasteiger partial charge on any atom is 0.271 e. The second-order valence-corrected chi connectivity index (χ2v) is 3.00. The van der Waals surface area contributed by atoms with E-state index in [1.54, 1.807) is 0 Å². The van der Waals surface area contributed by atoms with Crippen LogP contribution in [0.5, 0.6) is 0 Å². The number of nitrogens with zero attached hydrogens (tertiary/aromatic N) is 1. The molecule has 1 aromatic heterocycles. The topological polar surface area (TPSA) is 57.8 Å². The fraction of sp³-hybridized carbons (Fsp3) is 0.500. The van der Waals surface area contributed by atoms with Crippen molar-refractivity contribution in [2.45, 2.75) is 26.8 Å². The number of hydrogen-bond acceptors (Lipinski definition) is 2. The Hall–Kier alpha value is -1.32. The number of rotatable bonds is 2. The molecular formula is C8H13N3O. The molecule has 1 amide bonds. The number of nitrogens with one attached hydrogen (secondary N) is 2. The van der Waals surface area contributed by atoms with Gasteiger partial charge in [-0.15, -0.1) is 0 Å². The average molecular weight is 167 g/mol. The van der Waals surface area contributed by atoms with Gasteiger partial charge in [0.15, 0.2) is 0 Å². The molecule has 4 nitrogen and oxygen atoms in total. The van der Waals surface area contributed by atoms with Crippen molar-refractivity contribution >= 4 is 5.91 Å². The van der Waals surface area contributed by atoms with E-state index >= 15 is 0 Å². The predicted molar refractivity (Wildman–Crippen MR) is 45.9 cm³/mol. The lowest BCUT2D eigenvalue weighted by Gasteiger charge is -2.06. The van der Waals surface area contributed by atoms with Crippen LogP contribution in [0.3, 0.4) is 0 Å². The maximum absolute atomic E-state index is 11.3. The number of carbonyl (C=O) groups excluding carboxylic acids is 1. The van der Waals surface area contributed by atoms with Crippen LogP contribution in [0.4, 0.5) is 0 Å². The molecule has 2 N–H and O–H groups in total. The van der Waals surface area contributed by atoms with Crippen LogP contribution >= 0.6 is 0 Å². The van der Waals surface area contributed by atoms with Crippen LogP contribution in [0, 0.1) is 6.92 Å². The van der Waals surface area contributed by atoms with E-state index in [0.717, 1.165) is 5.69 Å². The second kappa shape index (κ2) is 3.38. The fourth-order valence-corrected chi connectivity index (χ4v) is 0.918. The first-order chi connectivity index (χ1) is 5.61. The molecule has 1 rings (SSSR count). The molecule has 0 bridgehead atoms. The normalized spacial score (nSPS) is 10.3. The Kier molecular flexibility index (Phi) is 2.47. The molecule has 0 saturated heterocycles. The van der Waals surface area contributed by atoms with Gasteiger partial charge in [-0.2, -0.15) is 0 Å². The van der Waals surface area contributed by atoms with Gasteiger partial charge in [-0.1, -0.05) is 0 Å². The zero-order valence-corrected chi connectivity index (χ0v) is 7.51. The van der Waals surface area contributed by atoms with E-state index in [1.165, 1.54) is 6.33 Å². The van der Waals surface area contributed by atoms with Crippen molar-refractivity contribution in [2.75, 3.05) is 0 Å². The summed E-state index contributed by atoms with van der Waals surface area (Å²) in [7, 11) is 0. The van der Waals surface area contributed by atoms with Crippen LogP contribution in [0.1, 0.15) is 30.0 Å². The SMILES string of the molecule is Cc1[nH]cnc1C(=O)NC(C)C. The minimum absolute atomic E-state index is 0.122. The highest BCUT2D eigenvalue weighted by Crippen LogP contribution is 1.99. The maximum atomic E-state index is 11.3. The molecule has 0 radical (unpaired) electrons. The van der Waals surface area contributed by atoms with Gasteiger partial charge in [-0.25, -0.2) is 4.98 Å². The van der Waals surface area contributed by atoms with Crippen LogP contribution in [0.2, 0.25) is 0 Å². The Morgan fingerprint density at radius 1 is 1.67 bits per heavy atom. The summed E-state index contributed by atoms with van der Waals surface area (Å²) in [6, 6.07) is 0.147. The second-order valence-electron chi connectivity index (χ2n) is 3.00. The first-order valence-electron chi connectivity index (χ1n) is 3.92. The summed E-state index contributed by atoms with van der Waals surface area (Å²) in [5.41, 5.74) is 1.27. The molecular weight excluding hydrogens is 154 g/mol. The van der Waals surface area contributed by atoms with Crippen LogP contribution in [-0.4, -0.2) is 21.9 Å². The highest BCUT2D eigenvalue weighted by molar-refractivity contribution is 5.93. The van der Waals surface area contributed by atoms with Crippen molar-refractivity contribution in [3.63, 3.8) is 0 Å². The van der Waals surface area contributed by atoms with Gasteiger partial charge in [0.25, 0.3) is 5.91 Å². The quantitative estimate of drug-likeness (QED) is 0.686. The van der Waals surface area contributed by atoms with E-state index in [2.05, 4.69) is 15.3 Å². The number of aromatic amines is 1. The molecule has 0 fully saturated rings. The molecule has 4 heteroatoms. The Morgan fingerprint density at radius 2 is 2.33 bits per heavy atom.